The van der Waals surface area contributed by atoms with Crippen LogP contribution in [-0.2, 0) is 11.2 Å². The van der Waals surface area contributed by atoms with Gasteiger partial charge >= 0.3 is 5.97 Å². The number of carbonyl (C=O) groups excluding carboxylic acids is 1. The van der Waals surface area contributed by atoms with Crippen molar-refractivity contribution in [2.75, 3.05) is 0 Å². The Morgan fingerprint density at radius 3 is 2.77 bits per heavy atom. The monoisotopic (exact) mass is 179 g/mol. The van der Waals surface area contributed by atoms with Gasteiger partial charge in [0, 0.05) is 18.2 Å². The van der Waals surface area contributed by atoms with Crippen molar-refractivity contribution in [1.82, 2.24) is 4.98 Å². The number of aromatic nitrogens is 1. The van der Waals surface area contributed by atoms with Crippen LogP contribution >= 0.6 is 0 Å². The number of hydrogen-bond acceptors (Lipinski definition) is 3. The van der Waals surface area contributed by atoms with E-state index in [4.69, 9.17) is 4.74 Å². The molecule has 1 aromatic rings. The molecule has 0 spiro atoms. The molecule has 0 radical (unpaired) electrons. The van der Waals surface area contributed by atoms with Crippen LogP contribution in [0, 0.1) is 6.92 Å². The van der Waals surface area contributed by atoms with Crippen LogP contribution in [0.1, 0.15) is 25.1 Å². The van der Waals surface area contributed by atoms with E-state index in [0.717, 1.165) is 17.7 Å². The zero-order valence-electron chi connectivity index (χ0n) is 8.13. The van der Waals surface area contributed by atoms with Gasteiger partial charge in [0.1, 0.15) is 0 Å². The molecule has 3 heteroatoms. The number of pyridine rings is 1. The van der Waals surface area contributed by atoms with Crippen LogP contribution in [-0.4, -0.2) is 11.0 Å². The number of ether oxygens (including phenoxy) is 1. The first-order valence-corrected chi connectivity index (χ1v) is 4.28. The largest absolute Gasteiger partial charge is 0.407 e. The highest BCUT2D eigenvalue weighted by molar-refractivity contribution is 5.69. The lowest BCUT2D eigenvalue weighted by Crippen LogP contribution is -2.06. The third-order valence-electron chi connectivity index (χ3n) is 1.70. The minimum Gasteiger partial charge on any atom is -0.407 e. The quantitative estimate of drug-likeness (QED) is 0.651. The maximum atomic E-state index is 10.7. The number of rotatable bonds is 2. The summed E-state index contributed by atoms with van der Waals surface area (Å²) in [5.41, 5.74) is 1.81. The Labute approximate surface area is 77.8 Å². The van der Waals surface area contributed by atoms with E-state index >= 15 is 0 Å². The SMILES string of the molecule is CCc1ccc(C)nc1OC(C)=O. The van der Waals surface area contributed by atoms with Gasteiger partial charge in [-0.25, -0.2) is 4.98 Å². The van der Waals surface area contributed by atoms with E-state index in [0.29, 0.717) is 5.88 Å². The van der Waals surface area contributed by atoms with Crippen molar-refractivity contribution in [3.05, 3.63) is 23.4 Å². The van der Waals surface area contributed by atoms with Crippen LogP contribution in [0.3, 0.4) is 0 Å². The first-order valence-electron chi connectivity index (χ1n) is 4.28. The summed E-state index contributed by atoms with van der Waals surface area (Å²) in [6.45, 7) is 5.25. The maximum absolute atomic E-state index is 10.7. The highest BCUT2D eigenvalue weighted by Crippen LogP contribution is 2.16. The molecule has 0 unspecified atom stereocenters. The summed E-state index contributed by atoms with van der Waals surface area (Å²) >= 11 is 0. The Morgan fingerprint density at radius 2 is 2.23 bits per heavy atom. The molecular weight excluding hydrogens is 166 g/mol. The highest BCUT2D eigenvalue weighted by atomic mass is 16.5. The average molecular weight is 179 g/mol. The number of esters is 1. The summed E-state index contributed by atoms with van der Waals surface area (Å²) in [6, 6.07) is 3.84. The van der Waals surface area contributed by atoms with Gasteiger partial charge in [-0.05, 0) is 19.4 Å². The Hall–Kier alpha value is -1.38. The van der Waals surface area contributed by atoms with E-state index in [-0.39, 0.29) is 5.97 Å². The van der Waals surface area contributed by atoms with Crippen LogP contribution in [0.25, 0.3) is 0 Å². The first-order chi connectivity index (χ1) is 6.13. The minimum absolute atomic E-state index is 0.326. The lowest BCUT2D eigenvalue weighted by atomic mass is 10.2. The molecule has 0 fully saturated rings. The summed E-state index contributed by atoms with van der Waals surface area (Å²) < 4.78 is 4.97. The molecule has 0 N–H and O–H groups in total. The molecule has 70 valence electrons. The summed E-state index contributed by atoms with van der Waals surface area (Å²) in [5.74, 6) is 0.114. The molecule has 13 heavy (non-hydrogen) atoms. The van der Waals surface area contributed by atoms with Crippen molar-refractivity contribution in [2.24, 2.45) is 0 Å². The third-order valence-corrected chi connectivity index (χ3v) is 1.70. The van der Waals surface area contributed by atoms with Gasteiger partial charge in [-0.2, -0.15) is 0 Å². The summed E-state index contributed by atoms with van der Waals surface area (Å²) in [7, 11) is 0. The fraction of sp³-hybridized carbons (Fsp3) is 0.400. The van der Waals surface area contributed by atoms with E-state index in [1.54, 1.807) is 0 Å². The van der Waals surface area contributed by atoms with Gasteiger partial charge in [-0.3, -0.25) is 4.79 Å². The van der Waals surface area contributed by atoms with Crippen LogP contribution in [0.2, 0.25) is 0 Å². The molecule has 0 aromatic carbocycles. The predicted molar refractivity (Wildman–Crippen MR) is 49.7 cm³/mol. The zero-order valence-corrected chi connectivity index (χ0v) is 8.13. The van der Waals surface area contributed by atoms with Gasteiger partial charge in [0.05, 0.1) is 0 Å². The van der Waals surface area contributed by atoms with Gasteiger partial charge in [0.15, 0.2) is 0 Å². The van der Waals surface area contributed by atoms with Crippen LogP contribution in [0.15, 0.2) is 12.1 Å². The fourth-order valence-electron chi connectivity index (χ4n) is 1.06. The Bertz CT molecular complexity index is 321. The molecule has 0 bridgehead atoms. The van der Waals surface area contributed by atoms with Crippen LogP contribution in [0.4, 0.5) is 0 Å². The van der Waals surface area contributed by atoms with Crippen molar-refractivity contribution in [3.63, 3.8) is 0 Å². The molecule has 1 rings (SSSR count). The van der Waals surface area contributed by atoms with Gasteiger partial charge in [0.25, 0.3) is 0 Å². The second-order valence-corrected chi connectivity index (χ2v) is 2.86. The number of aryl methyl sites for hydroxylation is 2. The Morgan fingerprint density at radius 1 is 1.54 bits per heavy atom. The summed E-state index contributed by atoms with van der Waals surface area (Å²) in [6.07, 6.45) is 0.815. The van der Waals surface area contributed by atoms with Crippen molar-refractivity contribution in [2.45, 2.75) is 27.2 Å². The molecule has 0 amide bonds. The molecule has 0 atom stereocenters. The molecule has 0 saturated heterocycles. The normalized spacial score (nSPS) is 9.77. The zero-order chi connectivity index (χ0) is 9.84. The van der Waals surface area contributed by atoms with Crippen molar-refractivity contribution in [1.29, 1.82) is 0 Å². The van der Waals surface area contributed by atoms with Crippen LogP contribution < -0.4 is 4.74 Å². The number of carbonyl (C=O) groups is 1. The van der Waals surface area contributed by atoms with E-state index in [9.17, 15) is 4.79 Å². The summed E-state index contributed by atoms with van der Waals surface area (Å²) in [4.78, 5) is 14.9. The Balaban J connectivity index is 3.01. The smallest absolute Gasteiger partial charge is 0.309 e. The van der Waals surface area contributed by atoms with Crippen LogP contribution in [0.5, 0.6) is 5.88 Å². The third kappa shape index (κ3) is 2.54. The van der Waals surface area contributed by atoms with Crippen molar-refractivity contribution in [3.8, 4) is 5.88 Å². The average Bonchev–Trinajstić information content (AvgIpc) is 2.03. The second kappa shape index (κ2) is 4.03. The van der Waals surface area contributed by atoms with Crippen molar-refractivity contribution >= 4 is 5.97 Å². The second-order valence-electron chi connectivity index (χ2n) is 2.86. The van der Waals surface area contributed by atoms with E-state index in [2.05, 4.69) is 4.98 Å². The van der Waals surface area contributed by atoms with Gasteiger partial charge in [0.2, 0.25) is 5.88 Å². The first kappa shape index (κ1) is 9.71. The predicted octanol–water partition coefficient (Wildman–Crippen LogP) is 1.88. The van der Waals surface area contributed by atoms with E-state index in [1.807, 2.05) is 26.0 Å². The molecule has 0 aliphatic carbocycles. The molecule has 1 aromatic heterocycles. The standard InChI is InChI=1S/C10H13NO2/c1-4-9-6-5-7(2)11-10(9)13-8(3)12/h5-6H,4H2,1-3H3. The van der Waals surface area contributed by atoms with Gasteiger partial charge in [-0.1, -0.05) is 13.0 Å². The number of hydrogen-bond donors (Lipinski definition) is 0. The maximum Gasteiger partial charge on any atom is 0.309 e. The lowest BCUT2D eigenvalue weighted by molar-refractivity contribution is -0.132. The Kier molecular flexibility index (Phi) is 3.01. The summed E-state index contributed by atoms with van der Waals surface area (Å²) in [5, 5.41) is 0. The molecular formula is C10H13NO2. The molecule has 0 aliphatic heterocycles. The minimum atomic E-state index is -0.326. The van der Waals surface area contributed by atoms with E-state index in [1.165, 1.54) is 6.92 Å². The van der Waals surface area contributed by atoms with E-state index < -0.39 is 0 Å². The fourth-order valence-corrected chi connectivity index (χ4v) is 1.06. The van der Waals surface area contributed by atoms with Gasteiger partial charge in [-0.15, -0.1) is 0 Å². The molecule has 1 heterocycles. The molecule has 0 aliphatic rings. The van der Waals surface area contributed by atoms with Gasteiger partial charge < -0.3 is 4.74 Å². The molecule has 0 saturated carbocycles. The topological polar surface area (TPSA) is 39.2 Å². The number of nitrogens with zero attached hydrogens (tertiary/aromatic N) is 1. The van der Waals surface area contributed by atoms with Crippen molar-refractivity contribution < 1.29 is 9.53 Å². The molecule has 3 nitrogen and oxygen atoms in total. The lowest BCUT2D eigenvalue weighted by Gasteiger charge is -2.06. The highest BCUT2D eigenvalue weighted by Gasteiger charge is 2.05.